The monoisotopic (exact) mass is 309 g/mol. The summed E-state index contributed by atoms with van der Waals surface area (Å²) in [4.78, 5) is 4.73. The lowest BCUT2D eigenvalue weighted by molar-refractivity contribution is 0.173. The van der Waals surface area contributed by atoms with Crippen LogP contribution in [0.4, 0.5) is 0 Å². The molecule has 0 bridgehead atoms. The maximum absolute atomic E-state index is 5.51. The van der Waals surface area contributed by atoms with E-state index < -0.39 is 0 Å². The van der Waals surface area contributed by atoms with Gasteiger partial charge in [-0.1, -0.05) is 6.07 Å². The Labute approximate surface area is 133 Å². The predicted octanol–water partition coefficient (Wildman–Crippen LogP) is 2.73. The molecule has 0 unspecified atom stereocenters. The fourth-order valence-electron chi connectivity index (χ4n) is 3.25. The number of hydrogen-bond donors (Lipinski definition) is 0. The highest BCUT2D eigenvalue weighted by atomic mass is 16.7. The summed E-state index contributed by atoms with van der Waals surface area (Å²) in [5, 5.41) is 0. The third-order valence-electron chi connectivity index (χ3n) is 4.40. The van der Waals surface area contributed by atoms with Crippen LogP contribution in [0.5, 0.6) is 23.0 Å². The van der Waals surface area contributed by atoms with Gasteiger partial charge in [0.05, 0.1) is 0 Å². The van der Waals surface area contributed by atoms with Gasteiger partial charge in [0, 0.05) is 24.2 Å². The van der Waals surface area contributed by atoms with Crippen molar-refractivity contribution in [1.82, 2.24) is 0 Å². The quantitative estimate of drug-likeness (QED) is 0.856. The third-order valence-corrected chi connectivity index (χ3v) is 4.40. The van der Waals surface area contributed by atoms with Gasteiger partial charge in [-0.15, -0.1) is 0 Å². The highest BCUT2D eigenvalue weighted by molar-refractivity contribution is 6.04. The van der Waals surface area contributed by atoms with Crippen LogP contribution in [0, 0.1) is 0 Å². The van der Waals surface area contributed by atoms with Gasteiger partial charge in [-0.25, -0.2) is 0 Å². The second-order valence-corrected chi connectivity index (χ2v) is 5.81. The fraction of sp³-hybridized carbons (Fsp3) is 0.278. The van der Waals surface area contributed by atoms with Crippen LogP contribution in [0.15, 0.2) is 35.3 Å². The molecule has 5 rings (SSSR count). The van der Waals surface area contributed by atoms with Crippen LogP contribution in [0.25, 0.3) is 0 Å². The molecule has 23 heavy (non-hydrogen) atoms. The van der Waals surface area contributed by atoms with Crippen molar-refractivity contribution in [2.75, 3.05) is 20.1 Å². The summed E-state index contributed by atoms with van der Waals surface area (Å²) in [6, 6.07) is 10.2. The highest BCUT2D eigenvalue weighted by Crippen LogP contribution is 2.37. The maximum Gasteiger partial charge on any atom is 0.231 e. The molecule has 0 aromatic heterocycles. The second kappa shape index (κ2) is 4.91. The summed E-state index contributed by atoms with van der Waals surface area (Å²) < 4.78 is 21.8. The number of benzene rings is 2. The summed E-state index contributed by atoms with van der Waals surface area (Å²) in [5.74, 6) is 3.27. The molecule has 0 atom stereocenters. The molecular weight excluding hydrogens is 294 g/mol. The Balaban J connectivity index is 1.49. The van der Waals surface area contributed by atoms with Gasteiger partial charge in [-0.05, 0) is 41.8 Å². The Hall–Kier alpha value is -2.69. The molecule has 3 aliphatic heterocycles. The SMILES string of the molecule is c1cc2c(cc1CC1=NCCc3cc4c(cc31)OCO4)OCO2. The molecule has 5 nitrogen and oxygen atoms in total. The largest absolute Gasteiger partial charge is 0.454 e. The minimum absolute atomic E-state index is 0.298. The van der Waals surface area contributed by atoms with Crippen LogP contribution in [0.1, 0.15) is 16.7 Å². The zero-order valence-electron chi connectivity index (χ0n) is 12.5. The van der Waals surface area contributed by atoms with Crippen LogP contribution in [-0.4, -0.2) is 25.8 Å². The second-order valence-electron chi connectivity index (χ2n) is 5.81. The lowest BCUT2D eigenvalue weighted by Crippen LogP contribution is -2.15. The van der Waals surface area contributed by atoms with E-state index in [4.69, 9.17) is 23.9 Å². The molecule has 0 fully saturated rings. The summed E-state index contributed by atoms with van der Waals surface area (Å²) in [6.45, 7) is 1.41. The molecule has 116 valence electrons. The van der Waals surface area contributed by atoms with E-state index in [1.165, 1.54) is 11.1 Å². The van der Waals surface area contributed by atoms with Gasteiger partial charge in [0.25, 0.3) is 0 Å². The maximum atomic E-state index is 5.51. The van der Waals surface area contributed by atoms with Crippen molar-refractivity contribution in [3.63, 3.8) is 0 Å². The first-order valence-electron chi connectivity index (χ1n) is 7.71. The number of nitrogens with zero attached hydrogens (tertiary/aromatic N) is 1. The van der Waals surface area contributed by atoms with Crippen molar-refractivity contribution in [2.24, 2.45) is 4.99 Å². The van der Waals surface area contributed by atoms with Gasteiger partial charge in [0.15, 0.2) is 23.0 Å². The first kappa shape index (κ1) is 12.8. The Morgan fingerprint density at radius 2 is 1.57 bits per heavy atom. The lowest BCUT2D eigenvalue weighted by Gasteiger charge is -2.18. The van der Waals surface area contributed by atoms with Gasteiger partial charge >= 0.3 is 0 Å². The van der Waals surface area contributed by atoms with Crippen LogP contribution in [-0.2, 0) is 12.8 Å². The summed E-state index contributed by atoms with van der Waals surface area (Å²) in [5.41, 5.74) is 4.69. The molecular formula is C18H15NO4. The molecule has 0 N–H and O–H groups in total. The first-order chi connectivity index (χ1) is 11.4. The van der Waals surface area contributed by atoms with Crippen molar-refractivity contribution in [3.05, 3.63) is 47.0 Å². The summed E-state index contributed by atoms with van der Waals surface area (Å²) >= 11 is 0. The zero-order chi connectivity index (χ0) is 15.2. The summed E-state index contributed by atoms with van der Waals surface area (Å²) in [6.07, 6.45) is 1.71. The van der Waals surface area contributed by atoms with E-state index in [-0.39, 0.29) is 0 Å². The normalized spacial score (nSPS) is 17.0. The van der Waals surface area contributed by atoms with Crippen LogP contribution in [0.2, 0.25) is 0 Å². The molecule has 0 saturated carbocycles. The van der Waals surface area contributed by atoms with Gasteiger partial charge < -0.3 is 18.9 Å². The standard InChI is InChI=1S/C18H15NO4/c1-2-15-16(21-9-20-15)6-11(1)5-14-13-8-18-17(22-10-23-18)7-12(13)3-4-19-14/h1-2,6-8H,3-5,9-10H2. The molecule has 0 aliphatic carbocycles. The first-order valence-corrected chi connectivity index (χ1v) is 7.71. The van der Waals surface area contributed by atoms with Crippen LogP contribution < -0.4 is 18.9 Å². The fourth-order valence-corrected chi connectivity index (χ4v) is 3.25. The molecule has 0 spiro atoms. The number of aliphatic imine (C=N–C) groups is 1. The van der Waals surface area contributed by atoms with Gasteiger partial charge in [0.1, 0.15) is 0 Å². The zero-order valence-corrected chi connectivity index (χ0v) is 12.5. The average molecular weight is 309 g/mol. The van der Waals surface area contributed by atoms with E-state index in [2.05, 4.69) is 18.2 Å². The predicted molar refractivity (Wildman–Crippen MR) is 83.9 cm³/mol. The van der Waals surface area contributed by atoms with Gasteiger partial charge in [-0.3, -0.25) is 4.99 Å². The van der Waals surface area contributed by atoms with Gasteiger partial charge in [-0.2, -0.15) is 0 Å². The minimum atomic E-state index is 0.298. The number of rotatable bonds is 2. The summed E-state index contributed by atoms with van der Waals surface area (Å²) in [7, 11) is 0. The van der Waals surface area contributed by atoms with Crippen molar-refractivity contribution in [2.45, 2.75) is 12.8 Å². The molecule has 2 aromatic carbocycles. The van der Waals surface area contributed by atoms with Crippen molar-refractivity contribution >= 4 is 5.71 Å². The minimum Gasteiger partial charge on any atom is -0.454 e. The molecule has 0 radical (unpaired) electrons. The van der Waals surface area contributed by atoms with E-state index in [1.54, 1.807) is 0 Å². The average Bonchev–Trinajstić information content (AvgIpc) is 3.21. The van der Waals surface area contributed by atoms with Crippen molar-refractivity contribution in [3.8, 4) is 23.0 Å². The van der Waals surface area contributed by atoms with E-state index in [0.717, 1.165) is 53.7 Å². The van der Waals surface area contributed by atoms with Crippen molar-refractivity contribution < 1.29 is 18.9 Å². The molecule has 5 heteroatoms. The van der Waals surface area contributed by atoms with E-state index >= 15 is 0 Å². The van der Waals surface area contributed by atoms with Crippen LogP contribution in [0.3, 0.4) is 0 Å². The smallest absolute Gasteiger partial charge is 0.231 e. The molecule has 0 saturated heterocycles. The topological polar surface area (TPSA) is 49.3 Å². The molecule has 3 aliphatic rings. The van der Waals surface area contributed by atoms with E-state index in [9.17, 15) is 0 Å². The Kier molecular flexibility index (Phi) is 2.74. The van der Waals surface area contributed by atoms with Crippen LogP contribution >= 0.6 is 0 Å². The van der Waals surface area contributed by atoms with E-state index in [0.29, 0.717) is 13.6 Å². The molecule has 2 aromatic rings. The van der Waals surface area contributed by atoms with Crippen molar-refractivity contribution in [1.29, 1.82) is 0 Å². The number of fused-ring (bicyclic) bond motifs is 3. The molecule has 0 amide bonds. The molecule has 3 heterocycles. The lowest BCUT2D eigenvalue weighted by atomic mass is 9.93. The Bertz CT molecular complexity index is 828. The Morgan fingerprint density at radius 3 is 2.43 bits per heavy atom. The number of hydrogen-bond acceptors (Lipinski definition) is 5. The number of ether oxygens (including phenoxy) is 4. The van der Waals surface area contributed by atoms with E-state index in [1.807, 2.05) is 12.1 Å². The Morgan fingerprint density at radius 1 is 0.826 bits per heavy atom. The third kappa shape index (κ3) is 2.11. The van der Waals surface area contributed by atoms with Gasteiger partial charge in [0.2, 0.25) is 13.6 Å². The highest BCUT2D eigenvalue weighted by Gasteiger charge is 2.22.